The van der Waals surface area contributed by atoms with Crippen LogP contribution < -0.4 is 0 Å². The van der Waals surface area contributed by atoms with Crippen LogP contribution in [0, 0.1) is 4.77 Å². The van der Waals surface area contributed by atoms with Crippen molar-refractivity contribution in [2.24, 2.45) is 0 Å². The summed E-state index contributed by atoms with van der Waals surface area (Å²) < 4.78 is 2.04. The largest absolute Gasteiger partial charge is 0.508 e. The van der Waals surface area contributed by atoms with Crippen LogP contribution in [0.3, 0.4) is 0 Å². The van der Waals surface area contributed by atoms with Crippen molar-refractivity contribution in [2.75, 3.05) is 0 Å². The van der Waals surface area contributed by atoms with Crippen molar-refractivity contribution in [1.29, 1.82) is 0 Å². The molecule has 0 saturated heterocycles. The number of aromatic amines is 2. The van der Waals surface area contributed by atoms with Crippen molar-refractivity contribution in [3.63, 3.8) is 0 Å². The van der Waals surface area contributed by atoms with E-state index in [1.807, 2.05) is 13.0 Å². The van der Waals surface area contributed by atoms with Crippen LogP contribution in [-0.2, 0) is 6.42 Å². The lowest BCUT2D eigenvalue weighted by molar-refractivity contribution is 0.447. The molecular weight excluding hydrogens is 352 g/mol. The Morgan fingerprint density at radius 2 is 1.88 bits per heavy atom. The number of phenolic OH excluding ortho intramolecular Hbond substituents is 3. The van der Waals surface area contributed by atoms with E-state index in [0.717, 1.165) is 5.39 Å². The summed E-state index contributed by atoms with van der Waals surface area (Å²) in [7, 11) is 0. The lowest BCUT2D eigenvalue weighted by Crippen LogP contribution is -1.99. The first-order valence-corrected chi connectivity index (χ1v) is 8.44. The van der Waals surface area contributed by atoms with E-state index in [0.29, 0.717) is 39.3 Å². The van der Waals surface area contributed by atoms with Gasteiger partial charge in [-0.1, -0.05) is 6.92 Å². The minimum Gasteiger partial charge on any atom is -0.508 e. The molecule has 4 aromatic rings. The van der Waals surface area contributed by atoms with Gasteiger partial charge in [0.2, 0.25) is 0 Å². The third-order valence-electron chi connectivity index (χ3n) is 4.41. The number of aromatic hydroxyl groups is 3. The Hall–Kier alpha value is -3.26. The van der Waals surface area contributed by atoms with Crippen LogP contribution in [0.4, 0.5) is 0 Å². The van der Waals surface area contributed by atoms with E-state index in [9.17, 15) is 15.3 Å². The molecule has 2 aromatic carbocycles. The molecule has 0 radical (unpaired) electrons. The zero-order valence-corrected chi connectivity index (χ0v) is 14.6. The first-order valence-electron chi connectivity index (χ1n) is 8.03. The predicted octanol–water partition coefficient (Wildman–Crippen LogP) is 3.76. The molecule has 0 atom stereocenters. The summed E-state index contributed by atoms with van der Waals surface area (Å²) in [6, 6.07) is 8.14. The Morgan fingerprint density at radius 1 is 1.08 bits per heavy atom. The third-order valence-corrected chi connectivity index (χ3v) is 4.68. The van der Waals surface area contributed by atoms with E-state index in [-0.39, 0.29) is 17.2 Å². The van der Waals surface area contributed by atoms with Gasteiger partial charge in [-0.2, -0.15) is 5.10 Å². The lowest BCUT2D eigenvalue weighted by atomic mass is 10.1. The van der Waals surface area contributed by atoms with Gasteiger partial charge >= 0.3 is 0 Å². The summed E-state index contributed by atoms with van der Waals surface area (Å²) in [5.74, 6) is 0.479. The van der Waals surface area contributed by atoms with Crippen molar-refractivity contribution in [2.45, 2.75) is 13.3 Å². The van der Waals surface area contributed by atoms with Crippen molar-refractivity contribution >= 4 is 23.1 Å². The van der Waals surface area contributed by atoms with Crippen LogP contribution in [-0.4, -0.2) is 35.1 Å². The molecule has 2 aromatic heterocycles. The molecule has 26 heavy (non-hydrogen) atoms. The standard InChI is InChI=1S/C18H16N4O3S/c1-2-9-7-11(15(25)8-14(9)24)17-20-21-18(26)22(17)12-3-4-13(23)16-10(12)5-6-19-16/h3-8,19,23-25H,2H2,1H3,(H,21,26). The topological polar surface area (TPSA) is 110 Å². The number of phenols is 3. The first-order chi connectivity index (χ1) is 12.5. The average molecular weight is 368 g/mol. The van der Waals surface area contributed by atoms with Crippen LogP contribution >= 0.6 is 12.2 Å². The molecule has 2 heterocycles. The SMILES string of the molecule is CCc1cc(-c2n[nH]c(=S)n2-c2ccc(O)c3[nH]ccc23)c(O)cc1O. The molecule has 0 amide bonds. The van der Waals surface area contributed by atoms with Gasteiger partial charge in [0.15, 0.2) is 10.6 Å². The summed E-state index contributed by atoms with van der Waals surface area (Å²) in [4.78, 5) is 3.00. The maximum atomic E-state index is 10.4. The van der Waals surface area contributed by atoms with Gasteiger partial charge in [-0.15, -0.1) is 0 Å². The summed E-state index contributed by atoms with van der Waals surface area (Å²) in [6.07, 6.45) is 2.33. The molecule has 7 nitrogen and oxygen atoms in total. The third kappa shape index (κ3) is 2.34. The van der Waals surface area contributed by atoms with Crippen LogP contribution in [0.2, 0.25) is 0 Å². The number of benzene rings is 2. The molecule has 0 aliphatic heterocycles. The first kappa shape index (κ1) is 16.2. The highest BCUT2D eigenvalue weighted by molar-refractivity contribution is 7.71. The van der Waals surface area contributed by atoms with Crippen molar-refractivity contribution in [3.8, 4) is 34.3 Å². The molecule has 0 aliphatic carbocycles. The number of nitrogens with one attached hydrogen (secondary N) is 2. The predicted molar refractivity (Wildman–Crippen MR) is 100 cm³/mol. The van der Waals surface area contributed by atoms with E-state index in [2.05, 4.69) is 15.2 Å². The Labute approximate surface area is 153 Å². The van der Waals surface area contributed by atoms with E-state index in [1.165, 1.54) is 6.07 Å². The summed E-state index contributed by atoms with van der Waals surface area (Å²) in [5.41, 5.74) is 2.43. The van der Waals surface area contributed by atoms with Crippen LogP contribution in [0.25, 0.3) is 28.0 Å². The number of fused-ring (bicyclic) bond motifs is 1. The fourth-order valence-electron chi connectivity index (χ4n) is 3.11. The van der Waals surface area contributed by atoms with E-state index in [4.69, 9.17) is 12.2 Å². The molecule has 0 saturated carbocycles. The Morgan fingerprint density at radius 3 is 2.65 bits per heavy atom. The fourth-order valence-corrected chi connectivity index (χ4v) is 3.34. The molecule has 0 aliphatic rings. The molecule has 0 unspecified atom stereocenters. The van der Waals surface area contributed by atoms with Gasteiger partial charge < -0.3 is 20.3 Å². The van der Waals surface area contributed by atoms with Crippen LogP contribution in [0.5, 0.6) is 17.2 Å². The molecule has 132 valence electrons. The second-order valence-corrected chi connectivity index (χ2v) is 6.30. The van der Waals surface area contributed by atoms with Crippen LogP contribution in [0.15, 0.2) is 36.5 Å². The molecule has 8 heteroatoms. The maximum Gasteiger partial charge on any atom is 0.200 e. The maximum absolute atomic E-state index is 10.4. The minimum absolute atomic E-state index is 0.0343. The van der Waals surface area contributed by atoms with Crippen LogP contribution in [0.1, 0.15) is 12.5 Å². The molecular formula is C18H16N4O3S. The highest BCUT2D eigenvalue weighted by Gasteiger charge is 2.19. The van der Waals surface area contributed by atoms with Gasteiger partial charge in [-0.05, 0) is 48.5 Å². The number of aryl methyl sites for hydroxylation is 1. The number of H-pyrrole nitrogens is 2. The van der Waals surface area contributed by atoms with Gasteiger partial charge in [-0.25, -0.2) is 0 Å². The average Bonchev–Trinajstić information content (AvgIpc) is 3.24. The van der Waals surface area contributed by atoms with Gasteiger partial charge in [-0.3, -0.25) is 9.67 Å². The Bertz CT molecular complexity index is 1190. The summed E-state index contributed by atoms with van der Waals surface area (Å²) in [5, 5.41) is 38.1. The number of aromatic nitrogens is 4. The van der Waals surface area contributed by atoms with E-state index < -0.39 is 0 Å². The number of hydrogen-bond acceptors (Lipinski definition) is 5. The van der Waals surface area contributed by atoms with Gasteiger partial charge in [0.25, 0.3) is 0 Å². The summed E-state index contributed by atoms with van der Waals surface area (Å²) >= 11 is 5.40. The van der Waals surface area contributed by atoms with Gasteiger partial charge in [0.05, 0.1) is 16.8 Å². The second-order valence-electron chi connectivity index (χ2n) is 5.91. The molecule has 5 N–H and O–H groups in total. The van der Waals surface area contributed by atoms with Crippen molar-refractivity contribution < 1.29 is 15.3 Å². The summed E-state index contributed by atoms with van der Waals surface area (Å²) in [6.45, 7) is 1.91. The van der Waals surface area contributed by atoms with Gasteiger partial charge in [0.1, 0.15) is 17.2 Å². The zero-order valence-electron chi connectivity index (χ0n) is 13.8. The molecule has 4 rings (SSSR count). The quantitative estimate of drug-likeness (QED) is 0.354. The zero-order chi connectivity index (χ0) is 18.4. The monoisotopic (exact) mass is 368 g/mol. The normalized spacial score (nSPS) is 11.3. The minimum atomic E-state index is -0.0981. The number of nitrogens with zero attached hydrogens (tertiary/aromatic N) is 2. The number of rotatable bonds is 3. The lowest BCUT2D eigenvalue weighted by Gasteiger charge is -2.12. The van der Waals surface area contributed by atoms with Crippen molar-refractivity contribution in [1.82, 2.24) is 19.7 Å². The van der Waals surface area contributed by atoms with E-state index in [1.54, 1.807) is 29.0 Å². The highest BCUT2D eigenvalue weighted by Crippen LogP contribution is 2.37. The highest BCUT2D eigenvalue weighted by atomic mass is 32.1. The van der Waals surface area contributed by atoms with Gasteiger partial charge in [0, 0.05) is 17.6 Å². The Kier molecular flexibility index (Phi) is 3.69. The fraction of sp³-hybridized carbons (Fsp3) is 0.111. The smallest absolute Gasteiger partial charge is 0.200 e. The molecule has 0 spiro atoms. The number of hydrogen-bond donors (Lipinski definition) is 5. The molecule has 0 fully saturated rings. The van der Waals surface area contributed by atoms with Crippen molar-refractivity contribution in [3.05, 3.63) is 46.9 Å². The second kappa shape index (κ2) is 5.92. The van der Waals surface area contributed by atoms with E-state index >= 15 is 0 Å². The molecule has 0 bridgehead atoms. The Balaban J connectivity index is 2.02.